The van der Waals surface area contributed by atoms with Crippen LogP contribution in [0.4, 0.5) is 0 Å². The molecule has 0 saturated carbocycles. The number of nitrogens with one attached hydrogen (secondary N) is 1. The Kier molecular flexibility index (Phi) is 4.40. The van der Waals surface area contributed by atoms with Crippen molar-refractivity contribution in [1.29, 1.82) is 0 Å². The van der Waals surface area contributed by atoms with Crippen molar-refractivity contribution in [3.8, 4) is 0 Å². The average Bonchev–Trinajstić information content (AvgIpc) is 2.19. The Hall–Kier alpha value is -0.530. The number of aryl methyl sites for hydroxylation is 2. The van der Waals surface area contributed by atoms with Crippen molar-refractivity contribution in [2.45, 2.75) is 52.1 Å². The van der Waals surface area contributed by atoms with Gasteiger partial charge in [-0.2, -0.15) is 0 Å². The fourth-order valence-electron chi connectivity index (χ4n) is 1.45. The molecule has 0 aromatic heterocycles. The maximum atomic E-state index is 6.14. The van der Waals surface area contributed by atoms with Gasteiger partial charge in [0.05, 0.1) is 0 Å². The lowest BCUT2D eigenvalue weighted by Gasteiger charge is -2.29. The van der Waals surface area contributed by atoms with Gasteiger partial charge in [0.1, 0.15) is 0 Å². The van der Waals surface area contributed by atoms with E-state index < -0.39 is 0 Å². The molecule has 1 rings (SSSR count). The standard InChI is InChI=1S/C14H22ClN/c1-10-6-7-11(2)13(8-10)9-16-14(4,5)12(3)15/h6-8,12,16H,9H2,1-5H3. The van der Waals surface area contributed by atoms with Gasteiger partial charge in [0, 0.05) is 17.5 Å². The predicted molar refractivity (Wildman–Crippen MR) is 72.1 cm³/mol. The first-order valence-electron chi connectivity index (χ1n) is 5.78. The van der Waals surface area contributed by atoms with E-state index in [4.69, 9.17) is 11.6 Å². The molecule has 0 fully saturated rings. The van der Waals surface area contributed by atoms with Crippen molar-refractivity contribution >= 4 is 11.6 Å². The molecule has 2 heteroatoms. The summed E-state index contributed by atoms with van der Waals surface area (Å²) in [5.74, 6) is 0. The first kappa shape index (κ1) is 13.5. The SMILES string of the molecule is Cc1ccc(C)c(CNC(C)(C)C(C)Cl)c1. The maximum Gasteiger partial charge on any atom is 0.0484 e. The van der Waals surface area contributed by atoms with Crippen LogP contribution in [0, 0.1) is 13.8 Å². The summed E-state index contributed by atoms with van der Waals surface area (Å²) in [5.41, 5.74) is 3.94. The Morgan fingerprint density at radius 1 is 1.31 bits per heavy atom. The van der Waals surface area contributed by atoms with Crippen LogP contribution in [0.5, 0.6) is 0 Å². The lowest BCUT2D eigenvalue weighted by atomic mass is 9.99. The van der Waals surface area contributed by atoms with Crippen LogP contribution in [0.3, 0.4) is 0 Å². The normalized spacial score (nSPS) is 13.9. The summed E-state index contributed by atoms with van der Waals surface area (Å²) in [6, 6.07) is 6.55. The number of hydrogen-bond acceptors (Lipinski definition) is 1. The lowest BCUT2D eigenvalue weighted by Crippen LogP contribution is -2.45. The molecule has 1 atom stereocenters. The topological polar surface area (TPSA) is 12.0 Å². The quantitative estimate of drug-likeness (QED) is 0.789. The maximum absolute atomic E-state index is 6.14. The Bertz CT molecular complexity index is 356. The van der Waals surface area contributed by atoms with Gasteiger partial charge in [-0.15, -0.1) is 11.6 Å². The van der Waals surface area contributed by atoms with Crippen molar-refractivity contribution in [3.05, 3.63) is 34.9 Å². The number of halogens is 1. The van der Waals surface area contributed by atoms with Gasteiger partial charge in [0.25, 0.3) is 0 Å². The fraction of sp³-hybridized carbons (Fsp3) is 0.571. The van der Waals surface area contributed by atoms with Crippen molar-refractivity contribution < 1.29 is 0 Å². The Morgan fingerprint density at radius 2 is 1.94 bits per heavy atom. The van der Waals surface area contributed by atoms with Crippen molar-refractivity contribution in [2.75, 3.05) is 0 Å². The zero-order valence-electron chi connectivity index (χ0n) is 10.9. The molecule has 0 aliphatic carbocycles. The Balaban J connectivity index is 2.71. The molecule has 0 aliphatic heterocycles. The van der Waals surface area contributed by atoms with Gasteiger partial charge in [-0.1, -0.05) is 23.8 Å². The molecular weight excluding hydrogens is 218 g/mol. The summed E-state index contributed by atoms with van der Waals surface area (Å²) >= 11 is 6.14. The molecule has 0 aliphatic rings. The minimum atomic E-state index is -0.0439. The highest BCUT2D eigenvalue weighted by Gasteiger charge is 2.23. The summed E-state index contributed by atoms with van der Waals surface area (Å²) < 4.78 is 0. The summed E-state index contributed by atoms with van der Waals surface area (Å²) in [4.78, 5) is 0. The van der Waals surface area contributed by atoms with Gasteiger partial charge < -0.3 is 5.32 Å². The molecule has 1 aromatic rings. The molecule has 1 N–H and O–H groups in total. The van der Waals surface area contributed by atoms with Crippen molar-refractivity contribution in [3.63, 3.8) is 0 Å². The van der Waals surface area contributed by atoms with E-state index in [1.807, 2.05) is 6.92 Å². The molecule has 16 heavy (non-hydrogen) atoms. The van der Waals surface area contributed by atoms with Crippen LogP contribution >= 0.6 is 11.6 Å². The number of rotatable bonds is 4. The number of hydrogen-bond donors (Lipinski definition) is 1. The van der Waals surface area contributed by atoms with Gasteiger partial charge in [-0.25, -0.2) is 0 Å². The second-order valence-electron chi connectivity index (χ2n) is 5.12. The fourth-order valence-corrected chi connectivity index (χ4v) is 1.53. The summed E-state index contributed by atoms with van der Waals surface area (Å²) in [6.45, 7) is 11.4. The van der Waals surface area contributed by atoms with Gasteiger partial charge in [-0.3, -0.25) is 0 Å². The lowest BCUT2D eigenvalue weighted by molar-refractivity contribution is 0.380. The van der Waals surface area contributed by atoms with Gasteiger partial charge in [-0.05, 0) is 45.7 Å². The first-order valence-corrected chi connectivity index (χ1v) is 6.22. The van der Waals surface area contributed by atoms with Gasteiger partial charge >= 0.3 is 0 Å². The van der Waals surface area contributed by atoms with Crippen LogP contribution in [0.25, 0.3) is 0 Å². The van der Waals surface area contributed by atoms with Crippen LogP contribution in [0.15, 0.2) is 18.2 Å². The highest BCUT2D eigenvalue weighted by atomic mass is 35.5. The largest absolute Gasteiger partial charge is 0.306 e. The summed E-state index contributed by atoms with van der Waals surface area (Å²) in [6.07, 6.45) is 0. The highest BCUT2D eigenvalue weighted by Crippen LogP contribution is 2.17. The molecule has 0 amide bonds. The smallest absolute Gasteiger partial charge is 0.0484 e. The van der Waals surface area contributed by atoms with E-state index in [-0.39, 0.29) is 10.9 Å². The molecule has 0 spiro atoms. The molecule has 1 aromatic carbocycles. The molecule has 0 heterocycles. The van der Waals surface area contributed by atoms with Crippen molar-refractivity contribution in [2.24, 2.45) is 0 Å². The summed E-state index contributed by atoms with van der Waals surface area (Å²) in [7, 11) is 0. The van der Waals surface area contributed by atoms with Crippen LogP contribution in [0.1, 0.15) is 37.5 Å². The second-order valence-corrected chi connectivity index (χ2v) is 5.78. The Morgan fingerprint density at radius 3 is 2.50 bits per heavy atom. The number of benzene rings is 1. The van der Waals surface area contributed by atoms with E-state index in [1.165, 1.54) is 16.7 Å². The van der Waals surface area contributed by atoms with E-state index >= 15 is 0 Å². The van der Waals surface area contributed by atoms with E-state index in [9.17, 15) is 0 Å². The van der Waals surface area contributed by atoms with Crippen molar-refractivity contribution in [1.82, 2.24) is 5.32 Å². The number of alkyl halides is 1. The molecule has 0 radical (unpaired) electrons. The zero-order chi connectivity index (χ0) is 12.3. The van der Waals surface area contributed by atoms with E-state index in [0.29, 0.717) is 0 Å². The summed E-state index contributed by atoms with van der Waals surface area (Å²) in [5, 5.41) is 3.62. The second kappa shape index (κ2) is 5.20. The Labute approximate surface area is 104 Å². The molecule has 0 bridgehead atoms. The third kappa shape index (κ3) is 3.50. The minimum Gasteiger partial charge on any atom is -0.306 e. The highest BCUT2D eigenvalue weighted by molar-refractivity contribution is 6.21. The third-order valence-corrected chi connectivity index (χ3v) is 3.78. The minimum absolute atomic E-state index is 0.0439. The molecule has 0 saturated heterocycles. The molecule has 1 unspecified atom stereocenters. The van der Waals surface area contributed by atoms with Crippen LogP contribution in [-0.4, -0.2) is 10.9 Å². The van der Waals surface area contributed by atoms with E-state index in [0.717, 1.165) is 6.54 Å². The predicted octanol–water partition coefficient (Wildman–Crippen LogP) is 3.80. The molecule has 1 nitrogen and oxygen atoms in total. The van der Waals surface area contributed by atoms with Gasteiger partial charge in [0.15, 0.2) is 0 Å². The van der Waals surface area contributed by atoms with Crippen LogP contribution in [-0.2, 0) is 6.54 Å². The van der Waals surface area contributed by atoms with E-state index in [1.54, 1.807) is 0 Å². The molecular formula is C14H22ClN. The van der Waals surface area contributed by atoms with E-state index in [2.05, 4.69) is 51.2 Å². The zero-order valence-corrected chi connectivity index (χ0v) is 11.7. The average molecular weight is 240 g/mol. The monoisotopic (exact) mass is 239 g/mol. The van der Waals surface area contributed by atoms with Gasteiger partial charge in [0.2, 0.25) is 0 Å². The first-order chi connectivity index (χ1) is 7.33. The van der Waals surface area contributed by atoms with Crippen LogP contribution in [0.2, 0.25) is 0 Å². The van der Waals surface area contributed by atoms with Crippen LogP contribution < -0.4 is 5.32 Å². The molecule has 90 valence electrons. The third-order valence-electron chi connectivity index (χ3n) is 3.23.